The van der Waals surface area contributed by atoms with Gasteiger partial charge in [-0.2, -0.15) is 0 Å². The number of carbonyl (C=O) groups is 1. The Bertz CT molecular complexity index is 548. The molecule has 150 valence electrons. The first-order valence-electron chi connectivity index (χ1n) is 10.0. The van der Waals surface area contributed by atoms with Crippen molar-refractivity contribution in [1.82, 2.24) is 0 Å². The summed E-state index contributed by atoms with van der Waals surface area (Å²) in [5.74, 6) is -0.0353. The Hall–Kier alpha value is -0.870. The van der Waals surface area contributed by atoms with Gasteiger partial charge in [0.25, 0.3) is 0 Å². The number of esters is 1. The minimum absolute atomic E-state index is 0.0396. The summed E-state index contributed by atoms with van der Waals surface area (Å²) >= 11 is 0. The molecule has 0 amide bonds. The number of fused-ring (bicyclic) bond motifs is 1. The average Bonchev–Trinajstić information content (AvgIpc) is 2.43. The van der Waals surface area contributed by atoms with Gasteiger partial charge < -0.3 is 14.9 Å². The third-order valence-corrected chi connectivity index (χ3v) is 7.32. The molecule has 2 N–H and O–H groups in total. The van der Waals surface area contributed by atoms with Crippen molar-refractivity contribution in [3.8, 4) is 0 Å². The zero-order valence-electron chi connectivity index (χ0n) is 17.5. The average molecular weight is 367 g/mol. The Labute approximate surface area is 159 Å². The quantitative estimate of drug-likeness (QED) is 0.564. The van der Waals surface area contributed by atoms with E-state index in [2.05, 4.69) is 27.4 Å². The fraction of sp³-hybridized carbons (Fsp3) is 0.864. The van der Waals surface area contributed by atoms with Gasteiger partial charge in [-0.1, -0.05) is 33.3 Å². The number of rotatable bonds is 5. The van der Waals surface area contributed by atoms with Gasteiger partial charge >= 0.3 is 5.97 Å². The van der Waals surface area contributed by atoms with E-state index in [1.807, 2.05) is 6.92 Å². The first kappa shape index (κ1) is 21.4. The van der Waals surface area contributed by atoms with Crippen molar-refractivity contribution in [2.75, 3.05) is 0 Å². The van der Waals surface area contributed by atoms with Crippen LogP contribution >= 0.6 is 0 Å². The molecule has 0 heterocycles. The Kier molecular flexibility index (Phi) is 5.72. The summed E-state index contributed by atoms with van der Waals surface area (Å²) < 4.78 is 5.75. The summed E-state index contributed by atoms with van der Waals surface area (Å²) in [6.07, 6.45) is 6.28. The number of hydrogen-bond donors (Lipinski definition) is 2. The molecule has 0 aliphatic heterocycles. The van der Waals surface area contributed by atoms with E-state index < -0.39 is 11.2 Å². The Morgan fingerprint density at radius 2 is 1.92 bits per heavy atom. The molecule has 2 rings (SSSR count). The Morgan fingerprint density at radius 3 is 2.46 bits per heavy atom. The van der Waals surface area contributed by atoms with Crippen LogP contribution in [0.2, 0.25) is 0 Å². The maximum Gasteiger partial charge on any atom is 0.302 e. The lowest BCUT2D eigenvalue weighted by Gasteiger charge is -2.63. The molecule has 2 saturated carbocycles. The highest BCUT2D eigenvalue weighted by Crippen LogP contribution is 2.63. The van der Waals surface area contributed by atoms with Crippen molar-refractivity contribution in [2.24, 2.45) is 22.7 Å². The van der Waals surface area contributed by atoms with Crippen LogP contribution in [0.1, 0.15) is 80.1 Å². The SMILES string of the molecule is C=C[C@@](C)(O)CC[C@@H]1[C@@]2(C)CCCC(C)(C)C2[C@@H](OC(C)=O)C[C@@]1(C)O. The van der Waals surface area contributed by atoms with Crippen LogP contribution in [0.3, 0.4) is 0 Å². The van der Waals surface area contributed by atoms with E-state index >= 15 is 0 Å². The maximum absolute atomic E-state index is 11.7. The lowest BCUT2D eigenvalue weighted by molar-refractivity contribution is -0.225. The molecule has 0 radical (unpaired) electrons. The van der Waals surface area contributed by atoms with Crippen molar-refractivity contribution >= 4 is 5.97 Å². The molecule has 0 bridgehead atoms. The largest absolute Gasteiger partial charge is 0.462 e. The molecule has 26 heavy (non-hydrogen) atoms. The molecule has 6 atom stereocenters. The van der Waals surface area contributed by atoms with Gasteiger partial charge in [-0.05, 0) is 56.3 Å². The molecule has 0 aromatic heterocycles. The van der Waals surface area contributed by atoms with Crippen LogP contribution in [-0.4, -0.2) is 33.5 Å². The fourth-order valence-corrected chi connectivity index (χ4v) is 6.33. The van der Waals surface area contributed by atoms with E-state index in [0.717, 1.165) is 25.7 Å². The van der Waals surface area contributed by atoms with Crippen LogP contribution in [0.5, 0.6) is 0 Å². The lowest BCUT2D eigenvalue weighted by atomic mass is 9.44. The predicted molar refractivity (Wildman–Crippen MR) is 104 cm³/mol. The van der Waals surface area contributed by atoms with Gasteiger partial charge in [0.2, 0.25) is 0 Å². The summed E-state index contributed by atoms with van der Waals surface area (Å²) in [6.45, 7) is 15.6. The van der Waals surface area contributed by atoms with E-state index in [1.54, 1.807) is 13.0 Å². The van der Waals surface area contributed by atoms with E-state index in [4.69, 9.17) is 4.74 Å². The highest BCUT2D eigenvalue weighted by atomic mass is 16.5. The first-order chi connectivity index (χ1) is 11.8. The third-order valence-electron chi connectivity index (χ3n) is 7.32. The predicted octanol–water partition coefficient (Wildman–Crippen LogP) is 4.24. The zero-order valence-corrected chi connectivity index (χ0v) is 17.5. The molecule has 2 aliphatic carbocycles. The molecule has 2 aliphatic rings. The highest BCUT2D eigenvalue weighted by Gasteiger charge is 2.62. The molecule has 0 aromatic rings. The minimum atomic E-state index is -0.934. The molecular formula is C22H38O4. The van der Waals surface area contributed by atoms with Crippen LogP contribution in [0.4, 0.5) is 0 Å². The standard InChI is InChI=1S/C22H38O4/c1-8-20(5,24)13-10-17-21(6)12-9-11-19(3,4)18(21)16(26-15(2)23)14-22(17,7)25/h8,16-18,24-25H,1,9-14H2,2-7H3/t16-,17+,18?,20+,21+,22+/m0/s1. The van der Waals surface area contributed by atoms with Gasteiger partial charge in [-0.25, -0.2) is 0 Å². The second-order valence-corrected chi connectivity index (χ2v) is 10.2. The van der Waals surface area contributed by atoms with Gasteiger partial charge in [-0.15, -0.1) is 6.58 Å². The summed E-state index contributed by atoms with van der Waals surface area (Å²) in [7, 11) is 0. The number of aliphatic hydroxyl groups is 2. The lowest BCUT2D eigenvalue weighted by Crippen LogP contribution is -2.63. The van der Waals surface area contributed by atoms with E-state index in [9.17, 15) is 15.0 Å². The van der Waals surface area contributed by atoms with Crippen LogP contribution in [0.25, 0.3) is 0 Å². The molecule has 0 aromatic carbocycles. The monoisotopic (exact) mass is 366 g/mol. The van der Waals surface area contributed by atoms with Crippen molar-refractivity contribution in [3.05, 3.63) is 12.7 Å². The molecule has 2 fully saturated rings. The highest BCUT2D eigenvalue weighted by molar-refractivity contribution is 5.66. The normalized spacial score (nSPS) is 41.6. The fourth-order valence-electron chi connectivity index (χ4n) is 6.33. The molecule has 1 unspecified atom stereocenters. The smallest absolute Gasteiger partial charge is 0.302 e. The van der Waals surface area contributed by atoms with Crippen LogP contribution in [0, 0.1) is 22.7 Å². The number of carbonyl (C=O) groups excluding carboxylic acids is 1. The summed E-state index contributed by atoms with van der Waals surface area (Å²) in [4.78, 5) is 11.7. The van der Waals surface area contributed by atoms with Crippen LogP contribution in [0.15, 0.2) is 12.7 Å². The minimum Gasteiger partial charge on any atom is -0.462 e. The maximum atomic E-state index is 11.7. The molecule has 0 spiro atoms. The van der Waals surface area contributed by atoms with Gasteiger partial charge in [0.15, 0.2) is 0 Å². The van der Waals surface area contributed by atoms with E-state index in [0.29, 0.717) is 12.8 Å². The van der Waals surface area contributed by atoms with Gasteiger partial charge in [-0.3, -0.25) is 4.79 Å². The Balaban J connectivity index is 2.42. The van der Waals surface area contributed by atoms with Crippen molar-refractivity contribution in [1.29, 1.82) is 0 Å². The van der Waals surface area contributed by atoms with Crippen LogP contribution in [-0.2, 0) is 9.53 Å². The molecule has 0 saturated heterocycles. The second-order valence-electron chi connectivity index (χ2n) is 10.2. The summed E-state index contributed by atoms with van der Waals surface area (Å²) in [5, 5.41) is 21.8. The van der Waals surface area contributed by atoms with Gasteiger partial charge in [0.05, 0.1) is 11.2 Å². The number of ether oxygens (including phenoxy) is 1. The summed E-state index contributed by atoms with van der Waals surface area (Å²) in [5.41, 5.74) is -1.96. The molecule has 4 heteroatoms. The summed E-state index contributed by atoms with van der Waals surface area (Å²) in [6, 6.07) is 0. The molecular weight excluding hydrogens is 328 g/mol. The van der Waals surface area contributed by atoms with E-state index in [1.165, 1.54) is 6.92 Å². The van der Waals surface area contributed by atoms with Crippen molar-refractivity contribution < 1.29 is 19.7 Å². The Morgan fingerprint density at radius 1 is 1.31 bits per heavy atom. The molecule has 4 nitrogen and oxygen atoms in total. The second kappa shape index (κ2) is 6.94. The zero-order chi connectivity index (χ0) is 20.0. The van der Waals surface area contributed by atoms with E-state index in [-0.39, 0.29) is 34.7 Å². The topological polar surface area (TPSA) is 66.8 Å². The van der Waals surface area contributed by atoms with Crippen LogP contribution < -0.4 is 0 Å². The third kappa shape index (κ3) is 4.01. The first-order valence-corrected chi connectivity index (χ1v) is 10.0. The van der Waals surface area contributed by atoms with Crippen molar-refractivity contribution in [2.45, 2.75) is 97.4 Å². The van der Waals surface area contributed by atoms with Gasteiger partial charge in [0.1, 0.15) is 6.10 Å². The number of hydrogen-bond acceptors (Lipinski definition) is 4. The van der Waals surface area contributed by atoms with Gasteiger partial charge in [0, 0.05) is 19.3 Å². The van der Waals surface area contributed by atoms with Crippen molar-refractivity contribution in [3.63, 3.8) is 0 Å².